The first kappa shape index (κ1) is 20.5. The van der Waals surface area contributed by atoms with Gasteiger partial charge in [0.1, 0.15) is 0 Å². The monoisotopic (exact) mass is 376 g/mol. The average molecular weight is 377 g/mol. The maximum Gasteiger partial charge on any atom is 0.242 e. The molecule has 0 bridgehead atoms. The molecule has 142 valence electrons. The number of nitrogens with zero attached hydrogens (tertiary/aromatic N) is 1. The van der Waals surface area contributed by atoms with Crippen molar-refractivity contribution in [2.24, 2.45) is 0 Å². The normalized spacial score (nSPS) is 17.0. The van der Waals surface area contributed by atoms with Crippen molar-refractivity contribution in [2.75, 3.05) is 24.7 Å². The number of amides is 2. The lowest BCUT2D eigenvalue weighted by Gasteiger charge is -2.14. The van der Waals surface area contributed by atoms with Crippen LogP contribution in [0.2, 0.25) is 0 Å². The third-order valence-electron chi connectivity index (χ3n) is 4.65. The first-order valence-electron chi connectivity index (χ1n) is 9.26. The predicted molar refractivity (Wildman–Crippen MR) is 106 cm³/mol. The summed E-state index contributed by atoms with van der Waals surface area (Å²) >= 11 is 1.44. The lowest BCUT2D eigenvalue weighted by atomic mass is 10.1. The molecule has 5 nitrogen and oxygen atoms in total. The topological polar surface area (TPSA) is 66.5 Å². The van der Waals surface area contributed by atoms with Crippen molar-refractivity contribution in [3.63, 3.8) is 0 Å². The number of benzene rings is 1. The van der Waals surface area contributed by atoms with Gasteiger partial charge in [0.25, 0.3) is 0 Å². The Morgan fingerprint density at radius 2 is 2.08 bits per heavy atom. The Morgan fingerprint density at radius 3 is 2.77 bits per heavy atom. The fraction of sp³-hybridized carbons (Fsp3) is 0.550. The second-order valence-corrected chi connectivity index (χ2v) is 7.61. The molecule has 1 heterocycles. The van der Waals surface area contributed by atoms with Gasteiger partial charge in [0, 0.05) is 25.1 Å². The first-order chi connectivity index (χ1) is 12.5. The highest BCUT2D eigenvalue weighted by Gasteiger charge is 2.37. The fourth-order valence-electron chi connectivity index (χ4n) is 3.03. The zero-order valence-electron chi connectivity index (χ0n) is 15.6. The highest BCUT2D eigenvalue weighted by atomic mass is 32.2. The Morgan fingerprint density at radius 1 is 1.27 bits per heavy atom. The van der Waals surface area contributed by atoms with Gasteiger partial charge in [-0.05, 0) is 43.2 Å². The van der Waals surface area contributed by atoms with Crippen LogP contribution in [0.15, 0.2) is 24.3 Å². The highest BCUT2D eigenvalue weighted by molar-refractivity contribution is 8.00. The molecule has 1 unspecified atom stereocenters. The van der Waals surface area contributed by atoms with Gasteiger partial charge in [-0.3, -0.25) is 19.3 Å². The Kier molecular flexibility index (Phi) is 8.16. The summed E-state index contributed by atoms with van der Waals surface area (Å²) in [5.41, 5.74) is 2.23. The molecule has 0 spiro atoms. The molecule has 2 rings (SSSR count). The van der Waals surface area contributed by atoms with E-state index in [2.05, 4.69) is 24.4 Å². The number of ketones is 1. The van der Waals surface area contributed by atoms with Crippen LogP contribution < -0.4 is 5.32 Å². The van der Waals surface area contributed by atoms with Crippen molar-refractivity contribution in [2.45, 2.75) is 50.7 Å². The van der Waals surface area contributed by atoms with Crippen molar-refractivity contribution in [1.82, 2.24) is 4.90 Å². The van der Waals surface area contributed by atoms with Crippen LogP contribution in [0, 0.1) is 0 Å². The molecule has 0 saturated carbocycles. The quantitative estimate of drug-likeness (QED) is 0.474. The number of Topliss-reactive ketones (excluding diaryl/α,β-unsaturated/α-hetero) is 1. The number of unbranched alkanes of at least 4 members (excludes halogenated alkanes) is 2. The number of anilines is 1. The molecule has 1 aromatic rings. The minimum absolute atomic E-state index is 0.0583. The predicted octanol–water partition coefficient (Wildman–Crippen LogP) is 3.28. The molecular weight excluding hydrogens is 348 g/mol. The van der Waals surface area contributed by atoms with E-state index in [1.165, 1.54) is 22.2 Å². The standard InChI is InChI=1S/C20H28N2O3S/c1-3-15-8-7-9-16(12-15)21-14-17(23)10-5-4-6-11-22-19(24)13-18(26-2)20(22)25/h7-9,12,18,21H,3-6,10-11,13-14H2,1-2H3. The molecule has 1 N–H and O–H groups in total. The lowest BCUT2D eigenvalue weighted by molar-refractivity contribution is -0.138. The number of aryl methyl sites for hydroxylation is 1. The van der Waals surface area contributed by atoms with Crippen LogP contribution in [-0.2, 0) is 20.8 Å². The van der Waals surface area contributed by atoms with E-state index in [1.807, 2.05) is 18.4 Å². The molecule has 6 heteroatoms. The Balaban J connectivity index is 1.60. The Labute approximate surface area is 159 Å². The van der Waals surface area contributed by atoms with Crippen molar-refractivity contribution in [3.05, 3.63) is 29.8 Å². The number of hydrogen-bond donors (Lipinski definition) is 1. The first-order valence-corrected chi connectivity index (χ1v) is 10.6. The van der Waals surface area contributed by atoms with Crippen LogP contribution in [0.1, 0.15) is 44.6 Å². The molecule has 1 saturated heterocycles. The van der Waals surface area contributed by atoms with Crippen LogP contribution in [0.5, 0.6) is 0 Å². The zero-order valence-corrected chi connectivity index (χ0v) is 16.4. The van der Waals surface area contributed by atoms with Gasteiger partial charge in [0.15, 0.2) is 5.78 Å². The fourth-order valence-corrected chi connectivity index (χ4v) is 3.67. The van der Waals surface area contributed by atoms with E-state index in [-0.39, 0.29) is 22.8 Å². The minimum atomic E-state index is -0.207. The van der Waals surface area contributed by atoms with Crippen LogP contribution in [0.3, 0.4) is 0 Å². The number of carbonyl (C=O) groups is 3. The lowest BCUT2D eigenvalue weighted by Crippen LogP contribution is -2.32. The van der Waals surface area contributed by atoms with Gasteiger partial charge in [-0.25, -0.2) is 0 Å². The zero-order chi connectivity index (χ0) is 18.9. The number of likely N-dealkylation sites (tertiary alicyclic amines) is 1. The number of hydrogen-bond acceptors (Lipinski definition) is 5. The van der Waals surface area contributed by atoms with Crippen LogP contribution in [-0.4, -0.2) is 47.1 Å². The number of rotatable bonds is 11. The third kappa shape index (κ3) is 5.87. The average Bonchev–Trinajstić information content (AvgIpc) is 2.93. The Hall–Kier alpha value is -1.82. The van der Waals surface area contributed by atoms with Gasteiger partial charge in [0.2, 0.25) is 11.8 Å². The summed E-state index contributed by atoms with van der Waals surface area (Å²) in [6.07, 6.45) is 6.08. The molecule has 0 aromatic heterocycles. The summed E-state index contributed by atoms with van der Waals surface area (Å²) in [6, 6.07) is 8.11. The maximum atomic E-state index is 12.0. The minimum Gasteiger partial charge on any atom is -0.378 e. The second kappa shape index (κ2) is 10.4. The highest BCUT2D eigenvalue weighted by Crippen LogP contribution is 2.23. The second-order valence-electron chi connectivity index (χ2n) is 6.57. The Bertz CT molecular complexity index is 648. The smallest absolute Gasteiger partial charge is 0.242 e. The molecule has 1 aromatic carbocycles. The number of nitrogens with one attached hydrogen (secondary N) is 1. The number of imide groups is 1. The van der Waals surface area contributed by atoms with Gasteiger partial charge in [-0.15, -0.1) is 0 Å². The van der Waals surface area contributed by atoms with Gasteiger partial charge in [-0.1, -0.05) is 25.5 Å². The van der Waals surface area contributed by atoms with Crippen molar-refractivity contribution in [3.8, 4) is 0 Å². The van der Waals surface area contributed by atoms with Gasteiger partial charge in [-0.2, -0.15) is 11.8 Å². The molecule has 1 fully saturated rings. The molecule has 1 aliphatic rings. The van der Waals surface area contributed by atoms with Crippen molar-refractivity contribution >= 4 is 35.0 Å². The summed E-state index contributed by atoms with van der Waals surface area (Å²) in [6.45, 7) is 2.92. The van der Waals surface area contributed by atoms with Crippen LogP contribution in [0.4, 0.5) is 5.69 Å². The molecular formula is C20H28N2O3S. The van der Waals surface area contributed by atoms with E-state index in [1.54, 1.807) is 0 Å². The van der Waals surface area contributed by atoms with E-state index in [9.17, 15) is 14.4 Å². The number of thioether (sulfide) groups is 1. The van der Waals surface area contributed by atoms with Gasteiger partial charge in [0.05, 0.1) is 11.8 Å². The molecule has 1 aliphatic heterocycles. The van der Waals surface area contributed by atoms with Crippen molar-refractivity contribution in [1.29, 1.82) is 0 Å². The largest absolute Gasteiger partial charge is 0.378 e. The van der Waals surface area contributed by atoms with E-state index in [4.69, 9.17) is 0 Å². The van der Waals surface area contributed by atoms with Gasteiger partial charge >= 0.3 is 0 Å². The van der Waals surface area contributed by atoms with E-state index in [0.29, 0.717) is 25.9 Å². The summed E-state index contributed by atoms with van der Waals surface area (Å²) < 4.78 is 0. The van der Waals surface area contributed by atoms with Crippen molar-refractivity contribution < 1.29 is 14.4 Å². The van der Waals surface area contributed by atoms with E-state index < -0.39 is 0 Å². The number of carbonyl (C=O) groups excluding carboxylic acids is 3. The van der Waals surface area contributed by atoms with Crippen LogP contribution in [0.25, 0.3) is 0 Å². The van der Waals surface area contributed by atoms with E-state index >= 15 is 0 Å². The summed E-state index contributed by atoms with van der Waals surface area (Å²) in [7, 11) is 0. The van der Waals surface area contributed by atoms with E-state index in [0.717, 1.165) is 31.4 Å². The molecule has 2 amide bonds. The molecule has 1 atom stereocenters. The summed E-state index contributed by atoms with van der Waals surface area (Å²) in [5, 5.41) is 2.97. The third-order valence-corrected chi connectivity index (χ3v) is 5.59. The van der Waals surface area contributed by atoms with Crippen LogP contribution >= 0.6 is 11.8 Å². The maximum absolute atomic E-state index is 12.0. The molecule has 0 aliphatic carbocycles. The SMILES string of the molecule is CCc1cccc(NCC(=O)CCCCCN2C(=O)CC(SC)C2=O)c1. The summed E-state index contributed by atoms with van der Waals surface area (Å²) in [5.74, 6) is 0.0590. The summed E-state index contributed by atoms with van der Waals surface area (Å²) in [4.78, 5) is 37.2. The molecule has 26 heavy (non-hydrogen) atoms. The molecule has 0 radical (unpaired) electrons. The van der Waals surface area contributed by atoms with Gasteiger partial charge < -0.3 is 5.32 Å².